The molecule has 1 aromatic carbocycles. The Balaban J connectivity index is 1.86. The van der Waals surface area contributed by atoms with Crippen LogP contribution in [-0.4, -0.2) is 34.1 Å². The molecule has 114 valence electrons. The van der Waals surface area contributed by atoms with Crippen LogP contribution in [0, 0.1) is 0 Å². The van der Waals surface area contributed by atoms with E-state index in [1.165, 1.54) is 0 Å². The molecule has 0 amide bonds. The number of rotatable bonds is 3. The average molecular weight is 300 g/mol. The van der Waals surface area contributed by atoms with Gasteiger partial charge in [-0.2, -0.15) is 5.10 Å². The summed E-state index contributed by atoms with van der Waals surface area (Å²) in [5.74, 6) is 1.50. The minimum absolute atomic E-state index is 0.00287. The highest BCUT2D eigenvalue weighted by molar-refractivity contribution is 6.03. The van der Waals surface area contributed by atoms with Crippen molar-refractivity contribution in [3.8, 4) is 22.8 Å². The van der Waals surface area contributed by atoms with E-state index in [0.717, 1.165) is 24.1 Å². The summed E-state index contributed by atoms with van der Waals surface area (Å²) < 4.78 is 12.5. The second-order valence-electron chi connectivity index (χ2n) is 5.46. The first kappa shape index (κ1) is 13.3. The van der Waals surface area contributed by atoms with Gasteiger partial charge in [0.05, 0.1) is 18.7 Å². The van der Waals surface area contributed by atoms with Crippen LogP contribution in [-0.2, 0) is 13.0 Å². The Morgan fingerprint density at radius 2 is 2.09 bits per heavy atom. The van der Waals surface area contributed by atoms with E-state index in [9.17, 15) is 9.90 Å². The standard InChI is InChI=1S/C16H16N2O4/c19-7-6-18-11-2-1-3-12(20)15(11)16(17-18)10-4-5-13-14(8-10)22-9-21-13/h4-5,8,19H,1-3,6-7,9H2. The van der Waals surface area contributed by atoms with Crippen LogP contribution in [0.4, 0.5) is 0 Å². The molecule has 0 atom stereocenters. The minimum atomic E-state index is 0.00287. The molecule has 4 rings (SSSR count). The van der Waals surface area contributed by atoms with Gasteiger partial charge in [-0.25, -0.2) is 0 Å². The number of hydrogen-bond donors (Lipinski definition) is 1. The zero-order chi connectivity index (χ0) is 15.1. The molecule has 0 saturated heterocycles. The van der Waals surface area contributed by atoms with Crippen LogP contribution in [0.15, 0.2) is 18.2 Å². The largest absolute Gasteiger partial charge is 0.454 e. The quantitative estimate of drug-likeness (QED) is 0.935. The van der Waals surface area contributed by atoms with Crippen molar-refractivity contribution >= 4 is 5.78 Å². The van der Waals surface area contributed by atoms with E-state index >= 15 is 0 Å². The van der Waals surface area contributed by atoms with Gasteiger partial charge in [0.1, 0.15) is 5.69 Å². The molecule has 6 nitrogen and oxygen atoms in total. The summed E-state index contributed by atoms with van der Waals surface area (Å²) in [6.07, 6.45) is 2.21. The number of nitrogens with zero attached hydrogens (tertiary/aromatic N) is 2. The highest BCUT2D eigenvalue weighted by Gasteiger charge is 2.28. The van der Waals surface area contributed by atoms with Gasteiger partial charge in [0.15, 0.2) is 17.3 Å². The third-order valence-corrected chi connectivity index (χ3v) is 4.11. The number of ketones is 1. The maximum Gasteiger partial charge on any atom is 0.231 e. The maximum absolute atomic E-state index is 12.4. The van der Waals surface area contributed by atoms with Crippen molar-refractivity contribution in [1.29, 1.82) is 0 Å². The normalized spacial score (nSPS) is 16.0. The number of hydrogen-bond acceptors (Lipinski definition) is 5. The highest BCUT2D eigenvalue weighted by atomic mass is 16.7. The molecular formula is C16H16N2O4. The van der Waals surface area contributed by atoms with E-state index in [1.54, 1.807) is 4.68 Å². The number of aliphatic hydroxyl groups excluding tert-OH is 1. The summed E-state index contributed by atoms with van der Waals surface area (Å²) in [6.45, 7) is 0.623. The Hall–Kier alpha value is -2.34. The van der Waals surface area contributed by atoms with Gasteiger partial charge in [-0.05, 0) is 31.0 Å². The van der Waals surface area contributed by atoms with E-state index < -0.39 is 0 Å². The molecule has 6 heteroatoms. The van der Waals surface area contributed by atoms with E-state index in [2.05, 4.69) is 5.10 Å². The van der Waals surface area contributed by atoms with Crippen LogP contribution in [0.3, 0.4) is 0 Å². The first-order chi connectivity index (χ1) is 10.8. The van der Waals surface area contributed by atoms with Crippen molar-refractivity contribution < 1.29 is 19.4 Å². The average Bonchev–Trinajstić information content (AvgIpc) is 3.12. The summed E-state index contributed by atoms with van der Waals surface area (Å²) in [4.78, 5) is 12.4. The molecule has 0 radical (unpaired) electrons. The lowest BCUT2D eigenvalue weighted by Gasteiger charge is -2.13. The van der Waals surface area contributed by atoms with Crippen molar-refractivity contribution in [2.75, 3.05) is 13.4 Å². The molecular weight excluding hydrogens is 284 g/mol. The van der Waals surface area contributed by atoms with Crippen molar-refractivity contribution in [2.45, 2.75) is 25.8 Å². The van der Waals surface area contributed by atoms with Crippen molar-refractivity contribution in [2.24, 2.45) is 0 Å². The zero-order valence-corrected chi connectivity index (χ0v) is 12.0. The number of ether oxygens (including phenoxy) is 2. The maximum atomic E-state index is 12.4. The first-order valence-corrected chi connectivity index (χ1v) is 7.41. The molecule has 2 aliphatic rings. The Morgan fingerprint density at radius 3 is 2.95 bits per heavy atom. The molecule has 2 heterocycles. The van der Waals surface area contributed by atoms with Crippen LogP contribution in [0.1, 0.15) is 28.9 Å². The van der Waals surface area contributed by atoms with E-state index in [1.807, 2.05) is 18.2 Å². The number of aromatic nitrogens is 2. The van der Waals surface area contributed by atoms with E-state index in [-0.39, 0.29) is 19.2 Å². The number of fused-ring (bicyclic) bond motifs is 2. The number of benzene rings is 1. The van der Waals surface area contributed by atoms with Crippen LogP contribution in [0.2, 0.25) is 0 Å². The van der Waals surface area contributed by atoms with Crippen LogP contribution >= 0.6 is 0 Å². The second-order valence-corrected chi connectivity index (χ2v) is 5.46. The zero-order valence-electron chi connectivity index (χ0n) is 12.0. The van der Waals surface area contributed by atoms with Gasteiger partial charge in [-0.3, -0.25) is 9.48 Å². The summed E-state index contributed by atoms with van der Waals surface area (Å²) >= 11 is 0. The number of Topliss-reactive ketones (excluding diaryl/α,β-unsaturated/α-hetero) is 1. The molecule has 0 saturated carbocycles. The summed E-state index contributed by atoms with van der Waals surface area (Å²) in [5.41, 5.74) is 3.13. The van der Waals surface area contributed by atoms with Crippen LogP contribution < -0.4 is 9.47 Å². The third kappa shape index (κ3) is 1.99. The van der Waals surface area contributed by atoms with Gasteiger partial charge in [0, 0.05) is 17.7 Å². The smallest absolute Gasteiger partial charge is 0.231 e. The van der Waals surface area contributed by atoms with Gasteiger partial charge in [0.25, 0.3) is 0 Å². The fourth-order valence-electron chi connectivity index (χ4n) is 3.11. The van der Waals surface area contributed by atoms with E-state index in [0.29, 0.717) is 35.7 Å². The fourth-order valence-corrected chi connectivity index (χ4v) is 3.11. The molecule has 1 aromatic heterocycles. The molecule has 1 aliphatic carbocycles. The minimum Gasteiger partial charge on any atom is -0.454 e. The lowest BCUT2D eigenvalue weighted by atomic mass is 9.92. The predicted molar refractivity (Wildman–Crippen MR) is 78.1 cm³/mol. The SMILES string of the molecule is O=C1CCCc2c1c(-c1ccc3c(c1)OCO3)nn2CCO. The number of carbonyl (C=O) groups excluding carboxylic acids is 1. The molecule has 0 spiro atoms. The molecule has 22 heavy (non-hydrogen) atoms. The van der Waals surface area contributed by atoms with Crippen molar-refractivity contribution in [3.05, 3.63) is 29.5 Å². The fraction of sp³-hybridized carbons (Fsp3) is 0.375. The Kier molecular flexibility index (Phi) is 3.11. The highest BCUT2D eigenvalue weighted by Crippen LogP contribution is 2.38. The van der Waals surface area contributed by atoms with Crippen LogP contribution in [0.25, 0.3) is 11.3 Å². The molecule has 0 unspecified atom stereocenters. The lowest BCUT2D eigenvalue weighted by molar-refractivity contribution is 0.0972. The first-order valence-electron chi connectivity index (χ1n) is 7.41. The lowest BCUT2D eigenvalue weighted by Crippen LogP contribution is -2.15. The topological polar surface area (TPSA) is 73.6 Å². The molecule has 0 fully saturated rings. The number of aliphatic hydroxyl groups is 1. The Labute approximate surface area is 127 Å². The predicted octanol–water partition coefficient (Wildman–Crippen LogP) is 1.79. The summed E-state index contributed by atoms with van der Waals surface area (Å²) in [5, 5.41) is 13.8. The van der Waals surface area contributed by atoms with Crippen molar-refractivity contribution in [3.63, 3.8) is 0 Å². The van der Waals surface area contributed by atoms with Crippen molar-refractivity contribution in [1.82, 2.24) is 9.78 Å². The monoisotopic (exact) mass is 300 g/mol. The molecule has 1 aliphatic heterocycles. The number of carbonyl (C=O) groups is 1. The van der Waals surface area contributed by atoms with Gasteiger partial charge in [-0.15, -0.1) is 0 Å². The van der Waals surface area contributed by atoms with Gasteiger partial charge in [-0.1, -0.05) is 0 Å². The molecule has 0 bridgehead atoms. The van der Waals surface area contributed by atoms with Gasteiger partial charge >= 0.3 is 0 Å². The van der Waals surface area contributed by atoms with Crippen LogP contribution in [0.5, 0.6) is 11.5 Å². The van der Waals surface area contributed by atoms with Gasteiger partial charge in [0.2, 0.25) is 6.79 Å². The Morgan fingerprint density at radius 1 is 1.23 bits per heavy atom. The van der Waals surface area contributed by atoms with E-state index in [4.69, 9.17) is 9.47 Å². The summed E-state index contributed by atoms with van der Waals surface area (Å²) in [7, 11) is 0. The summed E-state index contributed by atoms with van der Waals surface area (Å²) in [6, 6.07) is 5.58. The Bertz CT molecular complexity index is 751. The second kappa shape index (κ2) is 5.14. The molecule has 2 aromatic rings. The molecule has 1 N–H and O–H groups in total. The third-order valence-electron chi connectivity index (χ3n) is 4.11. The van der Waals surface area contributed by atoms with Gasteiger partial charge < -0.3 is 14.6 Å².